The molecule has 98 valence electrons. The number of rotatable bonds is 3. The molecule has 0 spiro atoms. The number of esters is 2. The second-order valence-electron chi connectivity index (χ2n) is 4.47. The number of carbonyl (C=O) groups excluding carboxylic acids is 2. The number of methoxy groups -OCH3 is 2. The Bertz CT molecular complexity index is 458. The van der Waals surface area contributed by atoms with Crippen LogP contribution in [0, 0.1) is 0 Å². The molecule has 1 N–H and O–H groups in total. The van der Waals surface area contributed by atoms with Crippen molar-refractivity contribution in [3.63, 3.8) is 0 Å². The van der Waals surface area contributed by atoms with Gasteiger partial charge in [-0.3, -0.25) is 0 Å². The van der Waals surface area contributed by atoms with Gasteiger partial charge in [-0.05, 0) is 24.8 Å². The third-order valence-corrected chi connectivity index (χ3v) is 3.42. The largest absolute Gasteiger partial charge is 0.465 e. The minimum atomic E-state index is -0.468. The predicted molar refractivity (Wildman–Crippen MR) is 64.7 cm³/mol. The highest BCUT2D eigenvalue weighted by Crippen LogP contribution is 2.35. The van der Waals surface area contributed by atoms with Crippen LogP contribution in [0.2, 0.25) is 0 Å². The standard InChI is InChI=1S/C13H17NO4/c1-17-12(15)9-7-10(13(16)18-2)14-11(9)8-5-3-4-6-8/h7-8,14H,3-6H2,1-2H3. The van der Waals surface area contributed by atoms with E-state index in [1.165, 1.54) is 20.3 Å². The lowest BCUT2D eigenvalue weighted by molar-refractivity contribution is 0.0592. The van der Waals surface area contributed by atoms with Gasteiger partial charge in [0.05, 0.1) is 19.8 Å². The van der Waals surface area contributed by atoms with Gasteiger partial charge in [-0.15, -0.1) is 0 Å². The summed E-state index contributed by atoms with van der Waals surface area (Å²) in [6, 6.07) is 1.52. The van der Waals surface area contributed by atoms with Gasteiger partial charge in [-0.25, -0.2) is 9.59 Å². The van der Waals surface area contributed by atoms with Gasteiger partial charge in [0.1, 0.15) is 5.69 Å². The number of carbonyl (C=O) groups is 2. The van der Waals surface area contributed by atoms with E-state index in [-0.39, 0.29) is 0 Å². The number of hydrogen-bond acceptors (Lipinski definition) is 4. The fourth-order valence-corrected chi connectivity index (χ4v) is 2.51. The van der Waals surface area contributed by atoms with E-state index in [0.717, 1.165) is 31.4 Å². The van der Waals surface area contributed by atoms with Crippen molar-refractivity contribution in [1.82, 2.24) is 4.98 Å². The highest BCUT2D eigenvalue weighted by molar-refractivity contribution is 5.96. The third-order valence-electron chi connectivity index (χ3n) is 3.42. The Morgan fingerprint density at radius 3 is 2.33 bits per heavy atom. The summed E-state index contributed by atoms with van der Waals surface area (Å²) in [6.07, 6.45) is 4.37. The normalized spacial score (nSPS) is 15.7. The molecule has 0 aromatic carbocycles. The van der Waals surface area contributed by atoms with Gasteiger partial charge in [0.25, 0.3) is 0 Å². The van der Waals surface area contributed by atoms with Crippen molar-refractivity contribution in [2.75, 3.05) is 14.2 Å². The van der Waals surface area contributed by atoms with E-state index in [2.05, 4.69) is 9.72 Å². The molecule has 1 heterocycles. The molecule has 0 unspecified atom stereocenters. The molecule has 1 fully saturated rings. The summed E-state index contributed by atoms with van der Waals surface area (Å²) in [5, 5.41) is 0. The van der Waals surface area contributed by atoms with Gasteiger partial charge < -0.3 is 14.5 Å². The van der Waals surface area contributed by atoms with Crippen LogP contribution in [0.3, 0.4) is 0 Å². The van der Waals surface area contributed by atoms with Crippen LogP contribution >= 0.6 is 0 Å². The van der Waals surface area contributed by atoms with Crippen LogP contribution in [0.5, 0.6) is 0 Å². The lowest BCUT2D eigenvalue weighted by Crippen LogP contribution is -2.06. The quantitative estimate of drug-likeness (QED) is 0.836. The zero-order valence-electron chi connectivity index (χ0n) is 10.6. The van der Waals surface area contributed by atoms with Gasteiger partial charge >= 0.3 is 11.9 Å². The van der Waals surface area contributed by atoms with E-state index in [4.69, 9.17) is 4.74 Å². The van der Waals surface area contributed by atoms with Gasteiger partial charge in [-0.2, -0.15) is 0 Å². The van der Waals surface area contributed by atoms with Crippen molar-refractivity contribution in [1.29, 1.82) is 0 Å². The summed E-state index contributed by atoms with van der Waals surface area (Å²) in [4.78, 5) is 26.2. The van der Waals surface area contributed by atoms with Crippen LogP contribution in [0.25, 0.3) is 0 Å². The summed E-state index contributed by atoms with van der Waals surface area (Å²) in [5.41, 5.74) is 1.56. The summed E-state index contributed by atoms with van der Waals surface area (Å²) in [6.45, 7) is 0. The predicted octanol–water partition coefficient (Wildman–Crippen LogP) is 2.25. The molecule has 2 rings (SSSR count). The Labute approximate surface area is 105 Å². The smallest absolute Gasteiger partial charge is 0.354 e. The molecule has 1 aliphatic carbocycles. The number of ether oxygens (including phenoxy) is 2. The molecule has 0 atom stereocenters. The number of hydrogen-bond donors (Lipinski definition) is 1. The van der Waals surface area contributed by atoms with Crippen molar-refractivity contribution >= 4 is 11.9 Å². The van der Waals surface area contributed by atoms with Gasteiger partial charge in [0, 0.05) is 5.69 Å². The van der Waals surface area contributed by atoms with E-state index in [1.54, 1.807) is 0 Å². The molecule has 1 aromatic rings. The number of aromatic nitrogens is 1. The maximum absolute atomic E-state index is 11.7. The van der Waals surface area contributed by atoms with E-state index >= 15 is 0 Å². The molecular weight excluding hydrogens is 234 g/mol. The monoisotopic (exact) mass is 251 g/mol. The van der Waals surface area contributed by atoms with Crippen molar-refractivity contribution in [3.8, 4) is 0 Å². The highest BCUT2D eigenvalue weighted by atomic mass is 16.5. The third kappa shape index (κ3) is 2.25. The maximum atomic E-state index is 11.7. The van der Waals surface area contributed by atoms with Crippen molar-refractivity contribution in [2.24, 2.45) is 0 Å². The molecule has 0 aliphatic heterocycles. The minimum absolute atomic E-state index is 0.303. The van der Waals surface area contributed by atoms with E-state index in [9.17, 15) is 9.59 Å². The average molecular weight is 251 g/mol. The van der Waals surface area contributed by atoms with Crippen LogP contribution in [-0.2, 0) is 9.47 Å². The number of aromatic amines is 1. The van der Waals surface area contributed by atoms with E-state index in [1.807, 2.05) is 0 Å². The van der Waals surface area contributed by atoms with Crippen LogP contribution in [-0.4, -0.2) is 31.1 Å². The molecule has 1 aromatic heterocycles. The lowest BCUT2D eigenvalue weighted by Gasteiger charge is -2.09. The van der Waals surface area contributed by atoms with Crippen LogP contribution in [0.1, 0.15) is 58.1 Å². The van der Waals surface area contributed by atoms with Gasteiger partial charge in [0.2, 0.25) is 0 Å². The highest BCUT2D eigenvalue weighted by Gasteiger charge is 2.27. The zero-order chi connectivity index (χ0) is 13.1. The van der Waals surface area contributed by atoms with Crippen molar-refractivity contribution < 1.29 is 19.1 Å². The second-order valence-corrected chi connectivity index (χ2v) is 4.47. The summed E-state index contributed by atoms with van der Waals surface area (Å²) >= 11 is 0. The fraction of sp³-hybridized carbons (Fsp3) is 0.538. The lowest BCUT2D eigenvalue weighted by atomic mass is 10.0. The first-order chi connectivity index (χ1) is 8.67. The maximum Gasteiger partial charge on any atom is 0.354 e. The molecule has 1 aliphatic rings. The molecule has 1 saturated carbocycles. The Morgan fingerprint density at radius 1 is 1.17 bits per heavy atom. The topological polar surface area (TPSA) is 68.4 Å². The fourth-order valence-electron chi connectivity index (χ4n) is 2.51. The first kappa shape index (κ1) is 12.7. The minimum Gasteiger partial charge on any atom is -0.465 e. The second kappa shape index (κ2) is 5.25. The molecule has 18 heavy (non-hydrogen) atoms. The average Bonchev–Trinajstić information content (AvgIpc) is 3.04. The van der Waals surface area contributed by atoms with Gasteiger partial charge in [0.15, 0.2) is 0 Å². The van der Waals surface area contributed by atoms with Crippen LogP contribution in [0.4, 0.5) is 0 Å². The Balaban J connectivity index is 2.38. The molecule has 0 saturated heterocycles. The molecule has 5 heteroatoms. The first-order valence-corrected chi connectivity index (χ1v) is 6.07. The first-order valence-electron chi connectivity index (χ1n) is 6.07. The van der Waals surface area contributed by atoms with E-state index in [0.29, 0.717) is 17.2 Å². The molecule has 0 amide bonds. The molecule has 0 radical (unpaired) electrons. The van der Waals surface area contributed by atoms with Crippen molar-refractivity contribution in [3.05, 3.63) is 23.0 Å². The number of H-pyrrole nitrogens is 1. The molecule has 5 nitrogen and oxygen atoms in total. The Kier molecular flexibility index (Phi) is 3.69. The number of nitrogens with one attached hydrogen (secondary N) is 1. The van der Waals surface area contributed by atoms with Crippen LogP contribution in [0.15, 0.2) is 6.07 Å². The zero-order valence-corrected chi connectivity index (χ0v) is 10.6. The summed E-state index contributed by atoms with van der Waals surface area (Å²) in [5.74, 6) is -0.579. The summed E-state index contributed by atoms with van der Waals surface area (Å²) < 4.78 is 9.41. The van der Waals surface area contributed by atoms with Crippen LogP contribution < -0.4 is 0 Å². The molecular formula is C13H17NO4. The van der Waals surface area contributed by atoms with E-state index < -0.39 is 11.9 Å². The van der Waals surface area contributed by atoms with Gasteiger partial charge in [-0.1, -0.05) is 12.8 Å². The summed E-state index contributed by atoms with van der Waals surface area (Å²) in [7, 11) is 2.65. The molecule has 0 bridgehead atoms. The Morgan fingerprint density at radius 2 is 1.78 bits per heavy atom. The Hall–Kier alpha value is -1.78. The van der Waals surface area contributed by atoms with Crippen molar-refractivity contribution in [2.45, 2.75) is 31.6 Å². The SMILES string of the molecule is COC(=O)c1cc(C(=O)OC)c(C2CCCC2)[nH]1.